The first-order valence-electron chi connectivity index (χ1n) is 10.9. The van der Waals surface area contributed by atoms with Crippen LogP contribution in [0.4, 0.5) is 10.1 Å². The van der Waals surface area contributed by atoms with Crippen molar-refractivity contribution in [2.24, 2.45) is 21.7 Å². The smallest absolute Gasteiger partial charge is 0.148 e. The average Bonchev–Trinajstić information content (AvgIpc) is 2.64. The van der Waals surface area contributed by atoms with Crippen molar-refractivity contribution in [1.82, 2.24) is 0 Å². The summed E-state index contributed by atoms with van der Waals surface area (Å²) in [5, 5.41) is 0. The highest BCUT2D eigenvalue weighted by molar-refractivity contribution is 6.15. The van der Waals surface area contributed by atoms with Crippen LogP contribution >= 0.6 is 0 Å². The van der Waals surface area contributed by atoms with Crippen LogP contribution in [0.2, 0.25) is 0 Å². The number of anilines is 1. The number of rotatable bonds is 1. The minimum absolute atomic E-state index is 0.0286. The van der Waals surface area contributed by atoms with Gasteiger partial charge in [-0.25, -0.2) is 4.39 Å². The van der Waals surface area contributed by atoms with Crippen molar-refractivity contribution in [2.45, 2.75) is 59.8 Å². The largest absolute Gasteiger partial charge is 0.369 e. The van der Waals surface area contributed by atoms with E-state index >= 15 is 0 Å². The number of halogens is 1. The maximum atomic E-state index is 13.5. The zero-order chi connectivity index (χ0) is 22.8. The lowest BCUT2D eigenvalue weighted by molar-refractivity contribution is -0.159. The Morgan fingerprint density at radius 3 is 1.39 bits per heavy atom. The van der Waals surface area contributed by atoms with Crippen LogP contribution in [0.5, 0.6) is 0 Å². The third kappa shape index (κ3) is 3.54. The van der Waals surface area contributed by atoms with Gasteiger partial charge in [-0.15, -0.1) is 0 Å². The average molecular weight is 428 g/mol. The van der Waals surface area contributed by atoms with E-state index in [0.29, 0.717) is 5.69 Å². The predicted octanol–water partition coefficient (Wildman–Crippen LogP) is 3.93. The van der Waals surface area contributed by atoms with Crippen molar-refractivity contribution in [1.29, 1.82) is 0 Å². The molecule has 1 heterocycles. The highest BCUT2D eigenvalue weighted by Gasteiger charge is 2.64. The number of piperidine rings is 1. The molecule has 0 bridgehead atoms. The molecular formula is C25H30FNO4. The van der Waals surface area contributed by atoms with E-state index in [1.807, 2.05) is 27.7 Å². The fraction of sp³-hybridized carbons (Fsp3) is 0.600. The Bertz CT molecular complexity index is 880. The molecule has 166 valence electrons. The number of hydrogen-bond donors (Lipinski definition) is 0. The van der Waals surface area contributed by atoms with Crippen LogP contribution in [0.3, 0.4) is 0 Å². The van der Waals surface area contributed by atoms with Crippen molar-refractivity contribution in [2.75, 3.05) is 18.0 Å². The van der Waals surface area contributed by atoms with Crippen LogP contribution < -0.4 is 4.90 Å². The molecule has 2 spiro atoms. The normalized spacial score (nSPS) is 26.5. The summed E-state index contributed by atoms with van der Waals surface area (Å²) < 4.78 is 13.5. The Hall–Kier alpha value is -2.37. The summed E-state index contributed by atoms with van der Waals surface area (Å²) in [5.74, 6) is -1.16. The van der Waals surface area contributed by atoms with Crippen molar-refractivity contribution in [3.8, 4) is 0 Å². The van der Waals surface area contributed by atoms with Gasteiger partial charge in [-0.1, -0.05) is 27.7 Å². The van der Waals surface area contributed by atoms with Gasteiger partial charge in [0.25, 0.3) is 0 Å². The van der Waals surface area contributed by atoms with Crippen LogP contribution in [0.15, 0.2) is 24.3 Å². The van der Waals surface area contributed by atoms with Gasteiger partial charge < -0.3 is 4.90 Å². The summed E-state index contributed by atoms with van der Waals surface area (Å²) in [6.45, 7) is 7.82. The molecule has 31 heavy (non-hydrogen) atoms. The minimum Gasteiger partial charge on any atom is -0.369 e. The third-order valence-corrected chi connectivity index (χ3v) is 7.41. The van der Waals surface area contributed by atoms with Gasteiger partial charge in [0.2, 0.25) is 0 Å². The Kier molecular flexibility index (Phi) is 4.80. The van der Waals surface area contributed by atoms with E-state index < -0.39 is 27.5 Å². The Morgan fingerprint density at radius 1 is 0.677 bits per heavy atom. The molecule has 1 aromatic carbocycles. The lowest BCUT2D eigenvalue weighted by Crippen LogP contribution is -2.66. The monoisotopic (exact) mass is 427 g/mol. The van der Waals surface area contributed by atoms with Crippen LogP contribution in [-0.4, -0.2) is 36.2 Å². The fourth-order valence-electron chi connectivity index (χ4n) is 5.77. The van der Waals surface area contributed by atoms with Crippen molar-refractivity contribution < 1.29 is 23.6 Å². The maximum absolute atomic E-state index is 13.5. The van der Waals surface area contributed by atoms with Crippen LogP contribution in [0.25, 0.3) is 0 Å². The zero-order valence-electron chi connectivity index (χ0n) is 18.7. The molecule has 5 nitrogen and oxygen atoms in total. The molecular weight excluding hydrogens is 397 g/mol. The molecule has 0 amide bonds. The molecule has 3 fully saturated rings. The van der Waals surface area contributed by atoms with Crippen molar-refractivity contribution >= 4 is 28.8 Å². The number of carbonyl (C=O) groups is 4. The second-order valence-electron chi connectivity index (χ2n) is 11.4. The predicted molar refractivity (Wildman–Crippen MR) is 114 cm³/mol. The number of hydrogen-bond acceptors (Lipinski definition) is 5. The second-order valence-corrected chi connectivity index (χ2v) is 11.4. The molecule has 0 radical (unpaired) electrons. The number of ketones is 4. The first kappa shape index (κ1) is 21.8. The van der Waals surface area contributed by atoms with Gasteiger partial charge in [0.05, 0.1) is 0 Å². The summed E-state index contributed by atoms with van der Waals surface area (Å²) in [7, 11) is 0. The topological polar surface area (TPSA) is 71.5 Å². The highest BCUT2D eigenvalue weighted by atomic mass is 19.1. The quantitative estimate of drug-likeness (QED) is 0.635. The van der Waals surface area contributed by atoms with E-state index in [2.05, 4.69) is 0 Å². The SMILES string of the molecule is CC1(C)CC(=O)C2(CN(c3ccc(F)cc3)CC3(C2)C(=O)CC(C)(C)CC3=O)C(=O)C1. The number of carbonyl (C=O) groups excluding carboxylic acids is 4. The molecule has 3 aliphatic rings. The lowest BCUT2D eigenvalue weighted by Gasteiger charge is -2.54. The molecule has 2 saturated carbocycles. The van der Waals surface area contributed by atoms with Gasteiger partial charge in [-0.3, -0.25) is 19.2 Å². The van der Waals surface area contributed by atoms with E-state index in [4.69, 9.17) is 0 Å². The Balaban J connectivity index is 1.83. The molecule has 1 aliphatic heterocycles. The molecule has 0 atom stereocenters. The molecule has 2 aliphatic carbocycles. The maximum Gasteiger partial charge on any atom is 0.148 e. The molecule has 0 N–H and O–H groups in total. The Morgan fingerprint density at radius 2 is 1.03 bits per heavy atom. The highest BCUT2D eigenvalue weighted by Crippen LogP contribution is 2.54. The van der Waals surface area contributed by atoms with Crippen LogP contribution in [0, 0.1) is 27.5 Å². The van der Waals surface area contributed by atoms with Gasteiger partial charge in [-0.05, 0) is 41.5 Å². The van der Waals surface area contributed by atoms with Crippen molar-refractivity contribution in [3.05, 3.63) is 30.1 Å². The number of benzene rings is 1. The van der Waals surface area contributed by atoms with E-state index in [1.165, 1.54) is 12.1 Å². The van der Waals surface area contributed by atoms with Crippen LogP contribution in [-0.2, 0) is 19.2 Å². The fourth-order valence-corrected chi connectivity index (χ4v) is 5.77. The molecule has 0 unspecified atom stereocenters. The van der Waals surface area contributed by atoms with E-state index in [9.17, 15) is 23.6 Å². The van der Waals surface area contributed by atoms with Gasteiger partial charge in [0.1, 0.15) is 39.8 Å². The molecule has 0 aromatic heterocycles. The van der Waals surface area contributed by atoms with E-state index in [-0.39, 0.29) is 68.3 Å². The van der Waals surface area contributed by atoms with Crippen molar-refractivity contribution in [3.63, 3.8) is 0 Å². The lowest BCUT2D eigenvalue weighted by atomic mass is 9.51. The molecule has 1 aromatic rings. The first-order valence-corrected chi connectivity index (χ1v) is 10.9. The number of Topliss-reactive ketones (excluding diaryl/α,β-unsaturated/α-hetero) is 4. The Labute approximate surface area is 182 Å². The summed E-state index contributed by atoms with van der Waals surface area (Å²) in [6, 6.07) is 5.77. The first-order chi connectivity index (χ1) is 14.3. The zero-order valence-corrected chi connectivity index (χ0v) is 18.7. The summed E-state index contributed by atoms with van der Waals surface area (Å²) >= 11 is 0. The molecule has 1 saturated heterocycles. The second kappa shape index (κ2) is 6.81. The summed E-state index contributed by atoms with van der Waals surface area (Å²) in [6.07, 6.45) is 0.916. The van der Waals surface area contributed by atoms with Gasteiger partial charge in [0.15, 0.2) is 0 Å². The van der Waals surface area contributed by atoms with Crippen LogP contribution in [0.1, 0.15) is 59.8 Å². The summed E-state index contributed by atoms with van der Waals surface area (Å²) in [5.41, 5.74) is -3.03. The molecule has 6 heteroatoms. The third-order valence-electron chi connectivity index (χ3n) is 7.41. The minimum atomic E-state index is -1.38. The van der Waals surface area contributed by atoms with Gasteiger partial charge >= 0.3 is 0 Å². The summed E-state index contributed by atoms with van der Waals surface area (Å²) in [4.78, 5) is 55.6. The van der Waals surface area contributed by atoms with E-state index in [0.717, 1.165) is 0 Å². The van der Waals surface area contributed by atoms with Gasteiger partial charge in [-0.2, -0.15) is 0 Å². The van der Waals surface area contributed by atoms with E-state index in [1.54, 1.807) is 17.0 Å². The number of nitrogens with zero attached hydrogens (tertiary/aromatic N) is 1. The van der Waals surface area contributed by atoms with Gasteiger partial charge in [0, 0.05) is 44.5 Å². The molecule has 4 rings (SSSR count). The standard InChI is InChI=1S/C25H30FNO4/c1-22(2)9-18(28)24(19(29)10-22)13-25(20(30)11-23(3,4)12-21(25)31)15-27(14-24)17-7-5-16(26)6-8-17/h5-8H,9-15H2,1-4H3.